The first-order valence-corrected chi connectivity index (χ1v) is 7.26. The Morgan fingerprint density at radius 3 is 2.23 bits per heavy atom. The van der Waals surface area contributed by atoms with E-state index >= 15 is 0 Å². The number of benzene rings is 1. The van der Waals surface area contributed by atoms with Gasteiger partial charge in [-0.25, -0.2) is 0 Å². The average molecular weight is 347 g/mol. The molecule has 0 amide bonds. The molecular formula is C8H5BrCl2OSe. The van der Waals surface area contributed by atoms with Gasteiger partial charge in [0.2, 0.25) is 0 Å². The summed E-state index contributed by atoms with van der Waals surface area (Å²) in [5, 5.41) is 0. The van der Waals surface area contributed by atoms with Crippen molar-refractivity contribution in [1.82, 2.24) is 0 Å². The van der Waals surface area contributed by atoms with Gasteiger partial charge in [0.25, 0.3) is 0 Å². The Morgan fingerprint density at radius 1 is 1.23 bits per heavy atom. The molecule has 1 unspecified atom stereocenters. The zero-order chi connectivity index (χ0) is 9.84. The zero-order valence-electron chi connectivity index (χ0n) is 6.34. The molecule has 0 bridgehead atoms. The molecule has 0 saturated heterocycles. The molecule has 0 aliphatic carbocycles. The van der Waals surface area contributed by atoms with E-state index in [0.717, 1.165) is 4.46 Å². The summed E-state index contributed by atoms with van der Waals surface area (Å²) in [7, 11) is 0. The fourth-order valence-electron chi connectivity index (χ4n) is 0.718. The molecule has 1 aromatic carbocycles. The number of hydrogen-bond donors (Lipinski definition) is 0. The second-order valence-corrected chi connectivity index (χ2v) is 7.60. The Morgan fingerprint density at radius 2 is 1.77 bits per heavy atom. The number of hydrogen-bond acceptors (Lipinski definition) is 1. The normalized spacial score (nSPS) is 15.0. The van der Waals surface area contributed by atoms with Crippen molar-refractivity contribution in [2.75, 3.05) is 0 Å². The van der Waals surface area contributed by atoms with E-state index in [1.54, 1.807) is 12.1 Å². The molecule has 0 aliphatic rings. The summed E-state index contributed by atoms with van der Waals surface area (Å²) in [5.74, 6) is 0. The van der Waals surface area contributed by atoms with E-state index in [0.29, 0.717) is 0 Å². The van der Waals surface area contributed by atoms with Crippen LogP contribution in [0.15, 0.2) is 38.2 Å². The molecule has 0 N–H and O–H groups in total. The summed E-state index contributed by atoms with van der Waals surface area (Å²) >= 11 is 11.9. The van der Waals surface area contributed by atoms with Gasteiger partial charge in [0, 0.05) is 0 Å². The first-order valence-electron chi connectivity index (χ1n) is 3.30. The van der Waals surface area contributed by atoms with Crippen LogP contribution in [0.5, 0.6) is 0 Å². The minimum absolute atomic E-state index is 0.202. The molecule has 0 spiro atoms. The molecule has 0 saturated carbocycles. The van der Waals surface area contributed by atoms with Gasteiger partial charge in [0.15, 0.2) is 0 Å². The fourth-order valence-corrected chi connectivity index (χ4v) is 3.89. The Hall–Kier alpha value is 0.339. The molecule has 5 heteroatoms. The molecule has 1 atom stereocenters. The average Bonchev–Trinajstić information content (AvgIpc) is 2.17. The molecule has 1 nitrogen and oxygen atoms in total. The van der Waals surface area contributed by atoms with Crippen molar-refractivity contribution in [1.29, 1.82) is 0 Å². The van der Waals surface area contributed by atoms with Gasteiger partial charge < -0.3 is 0 Å². The molecule has 0 aliphatic heterocycles. The predicted molar refractivity (Wildman–Crippen MR) is 60.2 cm³/mol. The van der Waals surface area contributed by atoms with Gasteiger partial charge in [0.05, 0.1) is 0 Å². The van der Waals surface area contributed by atoms with Gasteiger partial charge in [0.1, 0.15) is 0 Å². The van der Waals surface area contributed by atoms with Crippen molar-refractivity contribution < 1.29 is 3.83 Å². The molecule has 0 fully saturated rings. The monoisotopic (exact) mass is 346 g/mol. The standard InChI is InChI=1S/C8H5BrCl2OSe/c9-7(10)8(11)13(12)6-4-2-1-3-5-6/h1-5H. The first-order chi connectivity index (χ1) is 6.13. The maximum atomic E-state index is 11.7. The van der Waals surface area contributed by atoms with Crippen molar-refractivity contribution in [2.24, 2.45) is 0 Å². The molecule has 70 valence electrons. The third-order valence-corrected chi connectivity index (χ3v) is 6.52. The minimum atomic E-state index is -2.36. The Bertz CT molecular complexity index is 346. The third-order valence-electron chi connectivity index (χ3n) is 1.27. The van der Waals surface area contributed by atoms with Crippen LogP contribution in [0.2, 0.25) is 0 Å². The Balaban J connectivity index is 3.00. The van der Waals surface area contributed by atoms with Gasteiger partial charge in [-0.1, -0.05) is 0 Å². The molecule has 0 aromatic heterocycles. The van der Waals surface area contributed by atoms with E-state index < -0.39 is 13.8 Å². The summed E-state index contributed by atoms with van der Waals surface area (Å²) in [4.78, 5) is 0. The van der Waals surface area contributed by atoms with Crippen LogP contribution in [-0.2, 0) is 3.83 Å². The number of halogens is 3. The fraction of sp³-hybridized carbons (Fsp3) is 0. The summed E-state index contributed by atoms with van der Waals surface area (Å²) < 4.78 is 12.8. The van der Waals surface area contributed by atoms with Crippen LogP contribution in [0.4, 0.5) is 0 Å². The van der Waals surface area contributed by atoms with E-state index in [-0.39, 0.29) is 7.87 Å². The van der Waals surface area contributed by atoms with Crippen molar-refractivity contribution in [3.63, 3.8) is 0 Å². The second kappa shape index (κ2) is 5.28. The molecule has 0 radical (unpaired) electrons. The first kappa shape index (κ1) is 11.4. The zero-order valence-corrected chi connectivity index (χ0v) is 11.1. The van der Waals surface area contributed by atoms with Gasteiger partial charge in [-0.2, -0.15) is 0 Å². The SMILES string of the molecule is O=[Se](C(Cl)=C(Cl)Br)c1ccccc1. The third kappa shape index (κ3) is 3.19. The van der Waals surface area contributed by atoms with E-state index in [9.17, 15) is 3.83 Å². The van der Waals surface area contributed by atoms with Crippen LogP contribution in [0.25, 0.3) is 0 Å². The Kier molecular flexibility index (Phi) is 4.63. The molecule has 13 heavy (non-hydrogen) atoms. The van der Waals surface area contributed by atoms with Crippen LogP contribution in [0, 0.1) is 0 Å². The van der Waals surface area contributed by atoms with Gasteiger partial charge >= 0.3 is 99.5 Å². The second-order valence-electron chi connectivity index (χ2n) is 2.12. The molecule has 1 aromatic rings. The van der Waals surface area contributed by atoms with Crippen LogP contribution >= 0.6 is 39.1 Å². The van der Waals surface area contributed by atoms with Crippen LogP contribution in [0.1, 0.15) is 0 Å². The quantitative estimate of drug-likeness (QED) is 0.752. The van der Waals surface area contributed by atoms with Crippen molar-refractivity contribution in [2.45, 2.75) is 0 Å². The summed E-state index contributed by atoms with van der Waals surface area (Å²) in [6.07, 6.45) is 0. The van der Waals surface area contributed by atoms with Crippen LogP contribution in [0.3, 0.4) is 0 Å². The van der Waals surface area contributed by atoms with E-state index in [4.69, 9.17) is 23.2 Å². The van der Waals surface area contributed by atoms with E-state index in [1.165, 1.54) is 0 Å². The maximum absolute atomic E-state index is 11.7. The summed E-state index contributed by atoms with van der Waals surface area (Å²) in [6, 6.07) is 9.03. The Labute approximate surface area is 98.9 Å². The van der Waals surface area contributed by atoms with Crippen LogP contribution < -0.4 is 4.46 Å². The van der Waals surface area contributed by atoms with Gasteiger partial charge in [-0.15, -0.1) is 0 Å². The van der Waals surface area contributed by atoms with Crippen LogP contribution in [-0.4, -0.2) is 13.8 Å². The molecule has 1 rings (SSSR count). The number of rotatable bonds is 2. The van der Waals surface area contributed by atoms with E-state index in [2.05, 4.69) is 15.9 Å². The van der Waals surface area contributed by atoms with Gasteiger partial charge in [-0.3, -0.25) is 0 Å². The predicted octanol–water partition coefficient (Wildman–Crippen LogP) is 2.90. The summed E-state index contributed by atoms with van der Waals surface area (Å²) in [5.41, 5.74) is 0. The summed E-state index contributed by atoms with van der Waals surface area (Å²) in [6.45, 7) is 0. The topological polar surface area (TPSA) is 17.1 Å². The molecule has 0 heterocycles. The molecular weight excluding hydrogens is 342 g/mol. The van der Waals surface area contributed by atoms with Crippen molar-refractivity contribution >= 4 is 57.4 Å². The van der Waals surface area contributed by atoms with Crippen molar-refractivity contribution in [3.05, 3.63) is 38.2 Å². The van der Waals surface area contributed by atoms with Crippen molar-refractivity contribution in [3.8, 4) is 0 Å². The van der Waals surface area contributed by atoms with E-state index in [1.807, 2.05) is 18.2 Å². The van der Waals surface area contributed by atoms with Gasteiger partial charge in [-0.05, 0) is 0 Å².